The quantitative estimate of drug-likeness (QED) is 0.528. The van der Waals surface area contributed by atoms with Crippen LogP contribution in [0.5, 0.6) is 0 Å². The van der Waals surface area contributed by atoms with Crippen molar-refractivity contribution in [2.75, 3.05) is 5.32 Å². The van der Waals surface area contributed by atoms with Crippen molar-refractivity contribution in [3.8, 4) is 33.4 Å². The highest BCUT2D eigenvalue weighted by Crippen LogP contribution is 2.41. The Kier molecular flexibility index (Phi) is 4.17. The van der Waals surface area contributed by atoms with Crippen LogP contribution in [0.1, 0.15) is 26.3 Å². The maximum Gasteiger partial charge on any atom is 0.157 e. The summed E-state index contributed by atoms with van der Waals surface area (Å²) < 4.78 is 2.01. The Morgan fingerprint density at radius 1 is 1.15 bits per heavy atom. The highest BCUT2D eigenvalue weighted by atomic mass is 32.1. The summed E-state index contributed by atoms with van der Waals surface area (Å²) in [6.07, 6.45) is 14.8. The van der Waals surface area contributed by atoms with Gasteiger partial charge in [0.1, 0.15) is 11.5 Å². The van der Waals surface area contributed by atoms with Gasteiger partial charge in [0.15, 0.2) is 5.65 Å². The van der Waals surface area contributed by atoms with Crippen molar-refractivity contribution in [3.05, 3.63) is 54.7 Å². The van der Waals surface area contributed by atoms with Gasteiger partial charge in [-0.2, -0.15) is 0 Å². The maximum absolute atomic E-state index is 5.83. The summed E-state index contributed by atoms with van der Waals surface area (Å²) in [7, 11) is 0. The zero-order valence-corrected chi connectivity index (χ0v) is 16.2. The standard InChI is InChI=1S/C21H19N5S/c1-5-14-12-16(15-6-8-22-9-7-15)27-19(14)18-20(25-21(2,3)4)26-11-10-23-13-17(26)24-18/h1,6-13,25H,2-4H3. The van der Waals surface area contributed by atoms with E-state index in [2.05, 4.69) is 42.0 Å². The molecule has 0 aliphatic rings. The van der Waals surface area contributed by atoms with E-state index in [1.807, 2.05) is 28.8 Å². The minimum atomic E-state index is -0.129. The van der Waals surface area contributed by atoms with Crippen molar-refractivity contribution in [2.45, 2.75) is 26.3 Å². The van der Waals surface area contributed by atoms with E-state index in [9.17, 15) is 0 Å². The fourth-order valence-corrected chi connectivity index (χ4v) is 3.99. The van der Waals surface area contributed by atoms with E-state index in [1.165, 1.54) is 0 Å². The molecule has 0 aliphatic heterocycles. The van der Waals surface area contributed by atoms with Crippen molar-refractivity contribution < 1.29 is 0 Å². The van der Waals surface area contributed by atoms with Crippen molar-refractivity contribution in [1.29, 1.82) is 0 Å². The Labute approximate surface area is 162 Å². The van der Waals surface area contributed by atoms with E-state index in [1.54, 1.807) is 36.1 Å². The third-order valence-electron chi connectivity index (χ3n) is 3.99. The Morgan fingerprint density at radius 2 is 1.93 bits per heavy atom. The molecule has 0 aliphatic carbocycles. The van der Waals surface area contributed by atoms with E-state index in [0.717, 1.165) is 38.0 Å². The predicted molar refractivity (Wildman–Crippen MR) is 111 cm³/mol. The summed E-state index contributed by atoms with van der Waals surface area (Å²) in [6, 6.07) is 6.01. The molecule has 4 aromatic rings. The lowest BCUT2D eigenvalue weighted by molar-refractivity contribution is 0.629. The highest BCUT2D eigenvalue weighted by molar-refractivity contribution is 7.19. The van der Waals surface area contributed by atoms with Crippen LogP contribution in [0.4, 0.5) is 5.82 Å². The number of aromatic nitrogens is 4. The number of imidazole rings is 1. The first-order valence-corrected chi connectivity index (χ1v) is 9.39. The zero-order chi connectivity index (χ0) is 19.0. The summed E-state index contributed by atoms with van der Waals surface area (Å²) >= 11 is 1.64. The molecule has 0 spiro atoms. The number of nitrogens with zero attached hydrogens (tertiary/aromatic N) is 4. The number of rotatable bonds is 3. The van der Waals surface area contributed by atoms with Gasteiger partial charge in [-0.15, -0.1) is 17.8 Å². The monoisotopic (exact) mass is 373 g/mol. The van der Waals surface area contributed by atoms with Gasteiger partial charge in [-0.1, -0.05) is 5.92 Å². The van der Waals surface area contributed by atoms with E-state index in [-0.39, 0.29) is 5.54 Å². The van der Waals surface area contributed by atoms with Gasteiger partial charge in [0.2, 0.25) is 0 Å². The lowest BCUT2D eigenvalue weighted by Crippen LogP contribution is -2.27. The van der Waals surface area contributed by atoms with Crippen LogP contribution < -0.4 is 5.32 Å². The van der Waals surface area contributed by atoms with Crippen LogP contribution >= 0.6 is 11.3 Å². The summed E-state index contributed by atoms with van der Waals surface area (Å²) in [4.78, 5) is 15.2. The van der Waals surface area contributed by atoms with Crippen LogP contribution in [0, 0.1) is 12.3 Å². The van der Waals surface area contributed by atoms with Crippen LogP contribution in [-0.2, 0) is 0 Å². The normalized spacial score (nSPS) is 11.5. The number of hydrogen-bond acceptors (Lipinski definition) is 5. The van der Waals surface area contributed by atoms with Crippen LogP contribution in [-0.4, -0.2) is 24.9 Å². The Hall–Kier alpha value is -3.17. The lowest BCUT2D eigenvalue weighted by Gasteiger charge is -2.22. The van der Waals surface area contributed by atoms with E-state index in [4.69, 9.17) is 11.4 Å². The molecule has 0 bridgehead atoms. The molecule has 4 heterocycles. The van der Waals surface area contributed by atoms with Crippen LogP contribution in [0.15, 0.2) is 49.2 Å². The van der Waals surface area contributed by atoms with Gasteiger partial charge < -0.3 is 5.32 Å². The molecule has 0 saturated carbocycles. The summed E-state index contributed by atoms with van der Waals surface area (Å²) in [5.41, 5.74) is 3.42. The number of fused-ring (bicyclic) bond motifs is 1. The van der Waals surface area contributed by atoms with E-state index < -0.39 is 0 Å². The summed E-state index contributed by atoms with van der Waals surface area (Å²) in [5, 5.41) is 3.57. The van der Waals surface area contributed by atoms with Crippen molar-refractivity contribution in [2.24, 2.45) is 0 Å². The maximum atomic E-state index is 5.83. The molecule has 4 rings (SSSR count). The third-order valence-corrected chi connectivity index (χ3v) is 5.18. The minimum Gasteiger partial charge on any atom is -0.365 e. The first-order valence-electron chi connectivity index (χ1n) is 8.58. The van der Waals surface area contributed by atoms with Gasteiger partial charge in [-0.25, -0.2) is 4.98 Å². The molecule has 6 heteroatoms. The van der Waals surface area contributed by atoms with Gasteiger partial charge in [-0.05, 0) is 44.5 Å². The van der Waals surface area contributed by atoms with E-state index in [0.29, 0.717) is 0 Å². The molecule has 0 atom stereocenters. The second-order valence-corrected chi connectivity index (χ2v) is 8.27. The first kappa shape index (κ1) is 17.3. The average molecular weight is 373 g/mol. The largest absolute Gasteiger partial charge is 0.365 e. The molecule has 0 radical (unpaired) electrons. The minimum absolute atomic E-state index is 0.129. The number of hydrogen-bond donors (Lipinski definition) is 1. The average Bonchev–Trinajstić information content (AvgIpc) is 3.23. The van der Waals surface area contributed by atoms with Gasteiger partial charge in [0.25, 0.3) is 0 Å². The van der Waals surface area contributed by atoms with Crippen LogP contribution in [0.2, 0.25) is 0 Å². The molecule has 134 valence electrons. The molecular weight excluding hydrogens is 354 g/mol. The van der Waals surface area contributed by atoms with Crippen molar-refractivity contribution in [1.82, 2.24) is 19.4 Å². The molecule has 5 nitrogen and oxygen atoms in total. The molecule has 1 N–H and O–H groups in total. The Bertz CT molecular complexity index is 1140. The predicted octanol–water partition coefficient (Wildman–Crippen LogP) is 4.71. The van der Waals surface area contributed by atoms with Gasteiger partial charge in [-0.3, -0.25) is 14.4 Å². The zero-order valence-electron chi connectivity index (χ0n) is 15.4. The Balaban J connectivity index is 1.94. The summed E-state index contributed by atoms with van der Waals surface area (Å²) in [6.45, 7) is 6.36. The van der Waals surface area contributed by atoms with Gasteiger partial charge >= 0.3 is 0 Å². The lowest BCUT2D eigenvalue weighted by atomic mass is 10.1. The highest BCUT2D eigenvalue weighted by Gasteiger charge is 2.22. The second kappa shape index (κ2) is 6.53. The second-order valence-electron chi connectivity index (χ2n) is 7.22. The van der Waals surface area contributed by atoms with Gasteiger partial charge in [0.05, 0.1) is 11.1 Å². The molecule has 0 fully saturated rings. The SMILES string of the molecule is C#Cc1cc(-c2ccncc2)sc1-c1nc2cnccn2c1NC(C)(C)C. The number of nitrogens with one attached hydrogen (secondary N) is 1. The molecule has 4 aromatic heterocycles. The van der Waals surface area contributed by atoms with Crippen LogP contribution in [0.3, 0.4) is 0 Å². The van der Waals surface area contributed by atoms with Crippen LogP contribution in [0.25, 0.3) is 26.7 Å². The smallest absolute Gasteiger partial charge is 0.157 e. The third kappa shape index (κ3) is 3.29. The summed E-state index contributed by atoms with van der Waals surface area (Å²) in [5.74, 6) is 3.74. The molecular formula is C21H19N5S. The fourth-order valence-electron chi connectivity index (χ4n) is 2.87. The van der Waals surface area contributed by atoms with Crippen molar-refractivity contribution in [3.63, 3.8) is 0 Å². The van der Waals surface area contributed by atoms with Crippen molar-refractivity contribution >= 4 is 22.8 Å². The molecule has 0 saturated heterocycles. The molecule has 0 amide bonds. The number of terminal acetylenes is 1. The number of pyridine rings is 1. The van der Waals surface area contributed by atoms with E-state index >= 15 is 0 Å². The van der Waals surface area contributed by atoms with Gasteiger partial charge in [0, 0.05) is 40.8 Å². The number of anilines is 1. The topological polar surface area (TPSA) is 55.1 Å². The molecule has 0 unspecified atom stereocenters. The number of thiophene rings is 1. The Morgan fingerprint density at radius 3 is 2.63 bits per heavy atom. The first-order chi connectivity index (χ1) is 13.0. The fraction of sp³-hybridized carbons (Fsp3) is 0.190. The molecule has 0 aromatic carbocycles. The molecule has 27 heavy (non-hydrogen) atoms.